The molecule has 0 saturated heterocycles. The molecule has 37 heavy (non-hydrogen) atoms. The zero-order valence-corrected chi connectivity index (χ0v) is 21.4. The van der Waals surface area contributed by atoms with Crippen molar-refractivity contribution in [2.75, 3.05) is 19.6 Å². The molecule has 3 aliphatic rings. The van der Waals surface area contributed by atoms with Gasteiger partial charge in [0.05, 0.1) is 57.3 Å². The van der Waals surface area contributed by atoms with E-state index in [9.17, 15) is 9.59 Å². The van der Waals surface area contributed by atoms with Gasteiger partial charge in [-0.25, -0.2) is 4.79 Å². The second kappa shape index (κ2) is 9.58. The van der Waals surface area contributed by atoms with Crippen molar-refractivity contribution in [3.05, 3.63) is 80.3 Å². The number of carbonyl (C=O) groups excluding carboxylic acids is 2. The second-order valence-corrected chi connectivity index (χ2v) is 10.2. The van der Waals surface area contributed by atoms with E-state index in [0.717, 1.165) is 24.8 Å². The van der Waals surface area contributed by atoms with Crippen LogP contribution in [0, 0.1) is 11.3 Å². The number of amides is 3. The Morgan fingerprint density at radius 3 is 2.51 bits per heavy atom. The van der Waals surface area contributed by atoms with Gasteiger partial charge in [-0.15, -0.1) is 0 Å². The Hall–Kier alpha value is -3.80. The number of nitrogens with zero attached hydrogens (tertiary/aromatic N) is 3. The lowest BCUT2D eigenvalue weighted by molar-refractivity contribution is -0.114. The zero-order valence-electron chi connectivity index (χ0n) is 19.9. The number of nitriles is 1. The van der Waals surface area contributed by atoms with Crippen molar-refractivity contribution < 1.29 is 9.59 Å². The molecule has 1 aliphatic heterocycles. The Bertz CT molecular complexity index is 1450. The summed E-state index contributed by atoms with van der Waals surface area (Å²) in [5, 5.41) is 12.9. The molecular weight excluding hydrogens is 511 g/mol. The molecule has 0 aromatic heterocycles. The van der Waals surface area contributed by atoms with Crippen LogP contribution in [0.4, 0.5) is 4.79 Å². The summed E-state index contributed by atoms with van der Waals surface area (Å²) in [5.41, 5.74) is 16.9. The van der Waals surface area contributed by atoms with Crippen LogP contribution in [0.3, 0.4) is 0 Å². The minimum atomic E-state index is -0.738. The molecule has 2 aliphatic carbocycles. The summed E-state index contributed by atoms with van der Waals surface area (Å²) in [6, 6.07) is 14.2. The maximum Gasteiger partial charge on any atom is 0.318 e. The van der Waals surface area contributed by atoms with E-state index >= 15 is 0 Å². The second-order valence-electron chi connectivity index (χ2n) is 9.37. The predicted molar refractivity (Wildman–Crippen MR) is 144 cm³/mol. The smallest absolute Gasteiger partial charge is 0.318 e. The van der Waals surface area contributed by atoms with E-state index in [0.29, 0.717) is 40.0 Å². The van der Waals surface area contributed by atoms with Gasteiger partial charge in [0, 0.05) is 6.54 Å². The van der Waals surface area contributed by atoms with E-state index in [4.69, 9.17) is 39.9 Å². The number of halogens is 2. The lowest BCUT2D eigenvalue weighted by Gasteiger charge is -2.29. The van der Waals surface area contributed by atoms with Crippen molar-refractivity contribution in [3.8, 4) is 6.07 Å². The van der Waals surface area contributed by atoms with Crippen LogP contribution < -0.4 is 16.8 Å². The van der Waals surface area contributed by atoms with Crippen molar-refractivity contribution in [3.63, 3.8) is 0 Å². The number of nitrogens with one attached hydrogen (secondary N) is 1. The number of hydrogen-bond acceptors (Lipinski definition) is 5. The number of aliphatic imine (C=N–C) groups is 1. The maximum atomic E-state index is 13.3. The van der Waals surface area contributed by atoms with E-state index in [1.54, 1.807) is 23.1 Å². The third-order valence-corrected chi connectivity index (χ3v) is 7.88. The molecule has 5 N–H and O–H groups in total. The first kappa shape index (κ1) is 24.9. The third-order valence-electron chi connectivity index (χ3n) is 7.14. The number of nitrogens with two attached hydrogens (primary N) is 2. The minimum Gasteiger partial charge on any atom is -0.398 e. The van der Waals surface area contributed by atoms with Gasteiger partial charge >= 0.3 is 6.03 Å². The van der Waals surface area contributed by atoms with Gasteiger partial charge in [-0.2, -0.15) is 5.26 Å². The zero-order chi connectivity index (χ0) is 26.3. The Morgan fingerprint density at radius 1 is 1.11 bits per heavy atom. The Labute approximate surface area is 224 Å². The van der Waals surface area contributed by atoms with Crippen LogP contribution in [0.1, 0.15) is 36.0 Å². The quantitative estimate of drug-likeness (QED) is 0.501. The first-order chi connectivity index (χ1) is 17.7. The summed E-state index contributed by atoms with van der Waals surface area (Å²) in [6.07, 6.45) is 2.50. The Morgan fingerprint density at radius 2 is 1.86 bits per heavy atom. The molecule has 0 radical (unpaired) electrons. The summed E-state index contributed by atoms with van der Waals surface area (Å²) < 4.78 is 0. The topological polar surface area (TPSA) is 138 Å². The largest absolute Gasteiger partial charge is 0.398 e. The lowest BCUT2D eigenvalue weighted by atomic mass is 10.0. The van der Waals surface area contributed by atoms with Gasteiger partial charge in [-0.05, 0) is 65.8 Å². The molecule has 1 unspecified atom stereocenters. The average Bonchev–Trinajstić information content (AvgIpc) is 3.48. The molecule has 2 aromatic carbocycles. The summed E-state index contributed by atoms with van der Waals surface area (Å²) in [7, 11) is 0. The highest BCUT2D eigenvalue weighted by molar-refractivity contribution is 6.42. The number of carbonyl (C=O) groups is 2. The fourth-order valence-electron chi connectivity index (χ4n) is 5.10. The molecule has 1 atom stereocenters. The highest BCUT2D eigenvalue weighted by Crippen LogP contribution is 2.57. The Balaban J connectivity index is 1.32. The molecule has 1 saturated carbocycles. The summed E-state index contributed by atoms with van der Waals surface area (Å²) in [4.78, 5) is 31.8. The fourth-order valence-corrected chi connectivity index (χ4v) is 5.40. The molecule has 10 heteroatoms. The predicted octanol–water partition coefficient (Wildman–Crippen LogP) is 3.88. The van der Waals surface area contributed by atoms with E-state index in [1.165, 1.54) is 11.1 Å². The molecule has 8 nitrogen and oxygen atoms in total. The van der Waals surface area contributed by atoms with Crippen molar-refractivity contribution in [2.45, 2.75) is 24.8 Å². The molecule has 188 valence electrons. The van der Waals surface area contributed by atoms with Crippen LogP contribution in [-0.4, -0.2) is 47.7 Å². The van der Waals surface area contributed by atoms with E-state index in [-0.39, 0.29) is 29.4 Å². The minimum absolute atomic E-state index is 0.0602. The highest BCUT2D eigenvalue weighted by Gasteiger charge is 2.55. The third kappa shape index (κ3) is 4.68. The molecule has 2 aromatic rings. The fraction of sp³-hybridized carbons (Fsp3) is 0.259. The number of hydrogen-bond donors (Lipinski definition) is 3. The number of benzene rings is 2. The first-order valence-electron chi connectivity index (χ1n) is 11.8. The number of primary amides is 1. The summed E-state index contributed by atoms with van der Waals surface area (Å²) in [5.74, 6) is -0.738. The van der Waals surface area contributed by atoms with Gasteiger partial charge in [0.15, 0.2) is 0 Å². The Kier molecular flexibility index (Phi) is 6.44. The van der Waals surface area contributed by atoms with Crippen molar-refractivity contribution in [1.82, 2.24) is 10.2 Å². The van der Waals surface area contributed by atoms with Crippen LogP contribution in [0.15, 0.2) is 58.6 Å². The molecular formula is C27H24Cl2N6O2. The summed E-state index contributed by atoms with van der Waals surface area (Å²) in [6.45, 7) is 0.829. The van der Waals surface area contributed by atoms with Crippen LogP contribution in [0.25, 0.3) is 11.3 Å². The molecule has 0 bridgehead atoms. The van der Waals surface area contributed by atoms with Crippen molar-refractivity contribution in [2.24, 2.45) is 16.5 Å². The molecule has 1 heterocycles. The number of urea groups is 1. The van der Waals surface area contributed by atoms with Gasteiger partial charge in [0.2, 0.25) is 0 Å². The van der Waals surface area contributed by atoms with Gasteiger partial charge in [0.25, 0.3) is 5.91 Å². The van der Waals surface area contributed by atoms with Crippen LogP contribution in [0.5, 0.6) is 0 Å². The maximum absolute atomic E-state index is 13.3. The van der Waals surface area contributed by atoms with Crippen molar-refractivity contribution in [1.29, 1.82) is 5.26 Å². The van der Waals surface area contributed by atoms with Crippen LogP contribution in [0.2, 0.25) is 10.0 Å². The summed E-state index contributed by atoms with van der Waals surface area (Å²) >= 11 is 12.1. The van der Waals surface area contributed by atoms with E-state index in [1.807, 2.05) is 24.3 Å². The van der Waals surface area contributed by atoms with Gasteiger partial charge in [0.1, 0.15) is 0 Å². The standard InChI is InChI=1S/C27H24Cl2N6O2/c28-20-6-5-17(11-21(20)29)24(31)23(25(32)36)22-14-35(10-9-33-22)26(37)34-27-8-7-18(19(27)12-27)16-3-1-15(13-30)2-4-16/h1-6,11H,7-10,12,14,31H2,(H2,32,36)(H,34,37). The van der Waals surface area contributed by atoms with Crippen LogP contribution >= 0.6 is 23.2 Å². The van der Waals surface area contributed by atoms with E-state index in [2.05, 4.69) is 16.4 Å². The average molecular weight is 535 g/mol. The van der Waals surface area contributed by atoms with Gasteiger partial charge < -0.3 is 21.7 Å². The number of fused-ring (bicyclic) bond motifs is 1. The number of rotatable bonds is 5. The first-order valence-corrected chi connectivity index (χ1v) is 12.6. The monoisotopic (exact) mass is 534 g/mol. The van der Waals surface area contributed by atoms with Crippen LogP contribution in [-0.2, 0) is 4.79 Å². The van der Waals surface area contributed by atoms with Gasteiger partial charge in [-0.3, -0.25) is 9.79 Å². The molecule has 0 spiro atoms. The van der Waals surface area contributed by atoms with Crippen molar-refractivity contribution >= 4 is 52.1 Å². The molecule has 5 rings (SSSR count). The van der Waals surface area contributed by atoms with E-state index < -0.39 is 5.91 Å². The number of allylic oxidation sites excluding steroid dienone is 1. The van der Waals surface area contributed by atoms with Gasteiger partial charge in [-0.1, -0.05) is 41.4 Å². The lowest BCUT2D eigenvalue weighted by Crippen LogP contribution is -2.50. The SMILES string of the molecule is N#Cc1ccc(C2=C3CC3(NC(=O)N3CCN=C(C(C(N)=O)=C(N)c4ccc(Cl)c(Cl)c4)C3)CC2)cc1. The molecule has 1 fully saturated rings. The normalized spacial score (nSPS) is 21.0. The highest BCUT2D eigenvalue weighted by atomic mass is 35.5. The molecule has 3 amide bonds.